The van der Waals surface area contributed by atoms with E-state index < -0.39 is 0 Å². The molecule has 0 spiro atoms. The van der Waals surface area contributed by atoms with Crippen molar-refractivity contribution in [2.45, 2.75) is 26.2 Å². The molecule has 0 saturated carbocycles. The maximum atomic E-state index is 12.1. The summed E-state index contributed by atoms with van der Waals surface area (Å²) in [6, 6.07) is 1.65. The highest BCUT2D eigenvalue weighted by Gasteiger charge is 2.27. The molecule has 0 fully saturated rings. The molecule has 0 saturated heterocycles. The number of aromatic nitrogens is 2. The third kappa shape index (κ3) is 1.90. The van der Waals surface area contributed by atoms with Gasteiger partial charge in [-0.25, -0.2) is 0 Å². The molecular weight excluding hydrogens is 224 g/mol. The Kier molecular flexibility index (Phi) is 2.63. The normalized spacial score (nSPS) is 11.7. The molecule has 2 heterocycles. The number of hydrogen-bond acceptors (Lipinski definition) is 5. The topological polar surface area (TPSA) is 56.0 Å². The number of furan rings is 1. The van der Waals surface area contributed by atoms with E-state index in [0.29, 0.717) is 10.4 Å². The van der Waals surface area contributed by atoms with Gasteiger partial charge in [-0.05, 0) is 17.6 Å². The summed E-state index contributed by atoms with van der Waals surface area (Å²) in [5, 5.41) is 4.04. The summed E-state index contributed by atoms with van der Waals surface area (Å²) in [5.74, 6) is -0.0753. The van der Waals surface area contributed by atoms with Crippen LogP contribution in [0.25, 0.3) is 0 Å². The molecule has 0 amide bonds. The lowest BCUT2D eigenvalue weighted by Gasteiger charge is -2.15. The Morgan fingerprint density at radius 2 is 2.19 bits per heavy atom. The fraction of sp³-hybridized carbons (Fsp3) is 0.364. The van der Waals surface area contributed by atoms with E-state index in [1.165, 1.54) is 12.5 Å². The predicted molar refractivity (Wildman–Crippen MR) is 60.7 cm³/mol. The van der Waals surface area contributed by atoms with E-state index in [4.69, 9.17) is 4.42 Å². The van der Waals surface area contributed by atoms with Crippen LogP contribution in [-0.4, -0.2) is 15.4 Å². The van der Waals surface area contributed by atoms with Crippen LogP contribution in [0.2, 0.25) is 0 Å². The SMILES string of the molecule is CC(C)(C)c1nnsc1C(=O)c1ccoc1. The Hall–Kier alpha value is -1.49. The molecule has 0 aliphatic heterocycles. The van der Waals surface area contributed by atoms with Crippen LogP contribution in [0.15, 0.2) is 23.0 Å². The first kappa shape index (κ1) is 11.0. The molecule has 4 nitrogen and oxygen atoms in total. The van der Waals surface area contributed by atoms with Gasteiger partial charge in [0.05, 0.1) is 17.5 Å². The van der Waals surface area contributed by atoms with Crippen molar-refractivity contribution in [1.29, 1.82) is 0 Å². The molecule has 2 aromatic heterocycles. The third-order valence-corrected chi connectivity index (χ3v) is 2.91. The first-order valence-electron chi connectivity index (χ1n) is 4.90. The smallest absolute Gasteiger partial charge is 0.209 e. The Bertz CT molecular complexity index is 494. The fourth-order valence-corrected chi connectivity index (χ4v) is 2.19. The van der Waals surface area contributed by atoms with Crippen molar-refractivity contribution in [3.63, 3.8) is 0 Å². The molecule has 0 unspecified atom stereocenters. The van der Waals surface area contributed by atoms with Crippen LogP contribution in [0.1, 0.15) is 41.7 Å². The molecule has 84 valence electrons. The maximum absolute atomic E-state index is 12.1. The van der Waals surface area contributed by atoms with Gasteiger partial charge in [0.1, 0.15) is 11.1 Å². The average molecular weight is 236 g/mol. The second-order valence-corrected chi connectivity index (χ2v) is 5.30. The lowest BCUT2D eigenvalue weighted by molar-refractivity contribution is 0.103. The zero-order chi connectivity index (χ0) is 11.8. The molecule has 0 bridgehead atoms. The molecule has 0 atom stereocenters. The standard InChI is InChI=1S/C11H12N2O2S/c1-11(2,3)10-9(16-13-12-10)8(14)7-4-5-15-6-7/h4-6H,1-3H3. The zero-order valence-electron chi connectivity index (χ0n) is 9.35. The van der Waals surface area contributed by atoms with Gasteiger partial charge in [0.15, 0.2) is 0 Å². The summed E-state index contributed by atoms with van der Waals surface area (Å²) in [4.78, 5) is 12.7. The summed E-state index contributed by atoms with van der Waals surface area (Å²) in [6.45, 7) is 6.03. The molecule has 16 heavy (non-hydrogen) atoms. The van der Waals surface area contributed by atoms with E-state index in [1.807, 2.05) is 20.8 Å². The average Bonchev–Trinajstić information content (AvgIpc) is 2.87. The van der Waals surface area contributed by atoms with Gasteiger partial charge in [0.2, 0.25) is 5.78 Å². The van der Waals surface area contributed by atoms with Crippen LogP contribution in [-0.2, 0) is 5.41 Å². The van der Waals surface area contributed by atoms with Gasteiger partial charge in [-0.3, -0.25) is 4.79 Å². The van der Waals surface area contributed by atoms with Gasteiger partial charge in [0, 0.05) is 5.41 Å². The van der Waals surface area contributed by atoms with E-state index in [0.717, 1.165) is 17.2 Å². The van der Waals surface area contributed by atoms with Gasteiger partial charge in [-0.15, -0.1) is 5.10 Å². The third-order valence-electron chi connectivity index (χ3n) is 2.19. The van der Waals surface area contributed by atoms with Gasteiger partial charge < -0.3 is 4.42 Å². The number of rotatable bonds is 2. The quantitative estimate of drug-likeness (QED) is 0.752. The van der Waals surface area contributed by atoms with Crippen molar-refractivity contribution in [2.75, 3.05) is 0 Å². The van der Waals surface area contributed by atoms with Crippen LogP contribution in [0.5, 0.6) is 0 Å². The number of carbonyl (C=O) groups excluding carboxylic acids is 1. The molecule has 0 N–H and O–H groups in total. The van der Waals surface area contributed by atoms with Crippen molar-refractivity contribution < 1.29 is 9.21 Å². The van der Waals surface area contributed by atoms with Gasteiger partial charge in [-0.1, -0.05) is 25.3 Å². The minimum Gasteiger partial charge on any atom is -0.472 e. The van der Waals surface area contributed by atoms with Crippen LogP contribution < -0.4 is 0 Å². The van der Waals surface area contributed by atoms with Crippen LogP contribution in [0, 0.1) is 0 Å². The minimum absolute atomic E-state index is 0.0753. The number of ketones is 1. The van der Waals surface area contributed by atoms with Crippen LogP contribution >= 0.6 is 11.5 Å². The molecule has 5 heteroatoms. The highest BCUT2D eigenvalue weighted by molar-refractivity contribution is 7.08. The lowest BCUT2D eigenvalue weighted by atomic mass is 9.90. The second-order valence-electron chi connectivity index (χ2n) is 4.54. The van der Waals surface area contributed by atoms with Gasteiger partial charge in [0.25, 0.3) is 0 Å². The van der Waals surface area contributed by atoms with E-state index >= 15 is 0 Å². The summed E-state index contributed by atoms with van der Waals surface area (Å²) < 4.78 is 8.76. The van der Waals surface area contributed by atoms with E-state index in [9.17, 15) is 4.79 Å². The highest BCUT2D eigenvalue weighted by Crippen LogP contribution is 2.27. The fourth-order valence-electron chi connectivity index (χ4n) is 1.36. The summed E-state index contributed by atoms with van der Waals surface area (Å²) >= 11 is 1.13. The highest BCUT2D eigenvalue weighted by atomic mass is 32.1. The van der Waals surface area contributed by atoms with Gasteiger partial charge in [-0.2, -0.15) is 0 Å². The van der Waals surface area contributed by atoms with E-state index in [2.05, 4.69) is 9.59 Å². The Balaban J connectivity index is 2.43. The largest absolute Gasteiger partial charge is 0.472 e. The van der Waals surface area contributed by atoms with Gasteiger partial charge >= 0.3 is 0 Å². The number of carbonyl (C=O) groups is 1. The van der Waals surface area contributed by atoms with Crippen LogP contribution in [0.3, 0.4) is 0 Å². The predicted octanol–water partition coefficient (Wildman–Crippen LogP) is 2.66. The molecule has 0 aliphatic rings. The molecule has 0 aromatic carbocycles. The Labute approximate surface area is 97.5 Å². The summed E-state index contributed by atoms with van der Waals surface area (Å²) in [7, 11) is 0. The number of hydrogen-bond donors (Lipinski definition) is 0. The maximum Gasteiger partial charge on any atom is 0.209 e. The first-order valence-corrected chi connectivity index (χ1v) is 5.67. The van der Waals surface area contributed by atoms with Crippen LogP contribution in [0.4, 0.5) is 0 Å². The second kappa shape index (κ2) is 3.83. The molecule has 0 aliphatic carbocycles. The molecule has 2 rings (SSSR count). The molecular formula is C11H12N2O2S. The van der Waals surface area contributed by atoms with Crippen molar-refractivity contribution >= 4 is 17.3 Å². The van der Waals surface area contributed by atoms with Crippen molar-refractivity contribution in [1.82, 2.24) is 9.59 Å². The molecule has 0 radical (unpaired) electrons. The monoisotopic (exact) mass is 236 g/mol. The Morgan fingerprint density at radius 3 is 2.75 bits per heavy atom. The summed E-state index contributed by atoms with van der Waals surface area (Å²) in [5.41, 5.74) is 1.10. The van der Waals surface area contributed by atoms with Crippen molar-refractivity contribution in [2.24, 2.45) is 0 Å². The summed E-state index contributed by atoms with van der Waals surface area (Å²) in [6.07, 6.45) is 2.92. The van der Waals surface area contributed by atoms with Crippen molar-refractivity contribution in [3.8, 4) is 0 Å². The zero-order valence-corrected chi connectivity index (χ0v) is 10.2. The Morgan fingerprint density at radius 1 is 1.44 bits per heavy atom. The lowest BCUT2D eigenvalue weighted by Crippen LogP contribution is -2.16. The van der Waals surface area contributed by atoms with E-state index in [-0.39, 0.29) is 11.2 Å². The first-order chi connectivity index (χ1) is 7.50. The minimum atomic E-state index is -0.179. The molecule has 2 aromatic rings. The van der Waals surface area contributed by atoms with Crippen molar-refractivity contribution in [3.05, 3.63) is 34.7 Å². The van der Waals surface area contributed by atoms with E-state index in [1.54, 1.807) is 6.07 Å². The number of nitrogens with zero attached hydrogens (tertiary/aromatic N) is 2.